The quantitative estimate of drug-likeness (QED) is 0.705. The minimum Gasteiger partial charge on any atom is -0.306 e. The van der Waals surface area contributed by atoms with Crippen LogP contribution in [0.5, 0.6) is 0 Å². The lowest BCUT2D eigenvalue weighted by atomic mass is 10.0. The molecule has 0 aliphatic rings. The van der Waals surface area contributed by atoms with Gasteiger partial charge in [-0.15, -0.1) is 0 Å². The van der Waals surface area contributed by atoms with Gasteiger partial charge in [0.15, 0.2) is 0 Å². The Bertz CT molecular complexity index is 488. The topological polar surface area (TPSA) is 12.0 Å². The molecule has 0 bridgehead atoms. The summed E-state index contributed by atoms with van der Waals surface area (Å²) in [6.07, 6.45) is -9.68. The predicted molar refractivity (Wildman–Crippen MR) is 70.9 cm³/mol. The molecule has 0 saturated carbocycles. The Balaban J connectivity index is 3.22. The summed E-state index contributed by atoms with van der Waals surface area (Å²) in [5, 5.41) is 2.77. The number of hydrogen-bond acceptors (Lipinski definition) is 1. The molecule has 0 aliphatic carbocycles. The number of alkyl halides is 6. The fraction of sp³-hybridized carbons (Fsp3) is 0.385. The van der Waals surface area contributed by atoms with Crippen molar-refractivity contribution < 1.29 is 26.3 Å². The van der Waals surface area contributed by atoms with Gasteiger partial charge in [0.1, 0.15) is 0 Å². The van der Waals surface area contributed by atoms with Gasteiger partial charge in [-0.3, -0.25) is 0 Å². The van der Waals surface area contributed by atoms with Crippen molar-refractivity contribution in [3.8, 4) is 0 Å². The lowest BCUT2D eigenvalue weighted by Crippen LogP contribution is -2.21. The molecule has 1 unspecified atom stereocenters. The van der Waals surface area contributed by atoms with E-state index in [1.54, 1.807) is 0 Å². The van der Waals surface area contributed by atoms with Gasteiger partial charge in [0.2, 0.25) is 0 Å². The molecule has 8 heteroatoms. The second kappa shape index (κ2) is 6.39. The fourth-order valence-electron chi connectivity index (χ4n) is 1.61. The molecule has 1 atom stereocenters. The summed E-state index contributed by atoms with van der Waals surface area (Å²) in [7, 11) is 0. The minimum atomic E-state index is -4.84. The first-order valence-electron chi connectivity index (χ1n) is 5.77. The zero-order valence-electron chi connectivity index (χ0n) is 10.9. The maximum atomic E-state index is 12.7. The molecule has 1 N–H and O–H groups in total. The molecule has 0 amide bonds. The van der Waals surface area contributed by atoms with E-state index in [2.05, 4.69) is 27.8 Å². The van der Waals surface area contributed by atoms with Crippen LogP contribution in [-0.2, 0) is 12.4 Å². The van der Waals surface area contributed by atoms with Crippen LogP contribution in [-0.4, -0.2) is 6.54 Å². The number of rotatable bonds is 4. The smallest absolute Gasteiger partial charge is 0.306 e. The molecule has 21 heavy (non-hydrogen) atoms. The summed E-state index contributed by atoms with van der Waals surface area (Å²) in [6, 6.07) is 0.843. The van der Waals surface area contributed by atoms with Crippen LogP contribution in [0.15, 0.2) is 29.3 Å². The summed E-state index contributed by atoms with van der Waals surface area (Å²) < 4.78 is 76.8. The van der Waals surface area contributed by atoms with E-state index in [9.17, 15) is 26.3 Å². The fourth-order valence-corrected chi connectivity index (χ4v) is 1.77. The third-order valence-corrected chi connectivity index (χ3v) is 2.99. The van der Waals surface area contributed by atoms with E-state index in [4.69, 9.17) is 0 Å². The molecule has 1 aromatic carbocycles. The standard InChI is InChI=1S/C13H12BrF6N/c1-7(14)6-21-8(2)9-3-10(12(15,16)17)5-11(4-9)13(18,19)20/h3-5,8,21H,1,6H2,2H3. The van der Waals surface area contributed by atoms with Gasteiger partial charge in [-0.05, 0) is 30.7 Å². The average Bonchev–Trinajstić information content (AvgIpc) is 2.33. The molecule has 0 aromatic heterocycles. The van der Waals surface area contributed by atoms with E-state index in [0.717, 1.165) is 0 Å². The van der Waals surface area contributed by atoms with Crippen molar-refractivity contribution in [3.05, 3.63) is 46.0 Å². The van der Waals surface area contributed by atoms with Crippen molar-refractivity contribution >= 4 is 15.9 Å². The first kappa shape index (κ1) is 18.0. The number of nitrogens with one attached hydrogen (secondary N) is 1. The Morgan fingerprint density at radius 2 is 1.52 bits per heavy atom. The number of hydrogen-bond donors (Lipinski definition) is 1. The van der Waals surface area contributed by atoms with Gasteiger partial charge in [-0.1, -0.05) is 22.5 Å². The third kappa shape index (κ3) is 5.35. The number of benzene rings is 1. The van der Waals surface area contributed by atoms with Crippen molar-refractivity contribution in [3.63, 3.8) is 0 Å². The first-order valence-corrected chi connectivity index (χ1v) is 6.56. The monoisotopic (exact) mass is 375 g/mol. The lowest BCUT2D eigenvalue weighted by Gasteiger charge is -2.18. The van der Waals surface area contributed by atoms with Crippen LogP contribution in [0.2, 0.25) is 0 Å². The van der Waals surface area contributed by atoms with Crippen molar-refractivity contribution in [2.24, 2.45) is 0 Å². The lowest BCUT2D eigenvalue weighted by molar-refractivity contribution is -0.143. The Hall–Kier alpha value is -1.02. The van der Waals surface area contributed by atoms with Crippen LogP contribution < -0.4 is 5.32 Å². The summed E-state index contributed by atoms with van der Waals surface area (Å²) in [4.78, 5) is 0. The van der Waals surface area contributed by atoms with E-state index in [1.807, 2.05) is 0 Å². The van der Waals surface area contributed by atoms with E-state index < -0.39 is 29.5 Å². The Morgan fingerprint density at radius 1 is 1.10 bits per heavy atom. The largest absolute Gasteiger partial charge is 0.416 e. The molecule has 0 aliphatic heterocycles. The zero-order valence-corrected chi connectivity index (χ0v) is 12.5. The molecule has 0 saturated heterocycles. The maximum Gasteiger partial charge on any atom is 0.416 e. The van der Waals surface area contributed by atoms with E-state index >= 15 is 0 Å². The first-order chi connectivity index (χ1) is 9.41. The molecule has 0 radical (unpaired) electrons. The summed E-state index contributed by atoms with van der Waals surface area (Å²) in [5.74, 6) is 0. The second-order valence-electron chi connectivity index (χ2n) is 4.46. The van der Waals surface area contributed by atoms with Gasteiger partial charge in [0.05, 0.1) is 11.1 Å². The Labute approximate surface area is 126 Å². The Morgan fingerprint density at radius 3 is 1.86 bits per heavy atom. The Kier molecular flexibility index (Phi) is 5.49. The van der Waals surface area contributed by atoms with Crippen LogP contribution >= 0.6 is 15.9 Å². The summed E-state index contributed by atoms with van der Waals surface area (Å²) in [5.41, 5.74) is -2.73. The van der Waals surface area contributed by atoms with Crippen molar-refractivity contribution in [1.82, 2.24) is 5.32 Å². The zero-order chi connectivity index (χ0) is 16.4. The van der Waals surface area contributed by atoms with Crippen LogP contribution in [0.1, 0.15) is 29.7 Å². The second-order valence-corrected chi connectivity index (χ2v) is 5.58. The summed E-state index contributed by atoms with van der Waals surface area (Å²) in [6.45, 7) is 5.23. The molecular formula is C13H12BrF6N. The van der Waals surface area contributed by atoms with E-state index in [-0.39, 0.29) is 18.2 Å². The highest BCUT2D eigenvalue weighted by molar-refractivity contribution is 9.11. The molecule has 1 aromatic rings. The molecule has 1 nitrogen and oxygen atoms in total. The van der Waals surface area contributed by atoms with Crippen LogP contribution in [0.4, 0.5) is 26.3 Å². The van der Waals surface area contributed by atoms with Gasteiger partial charge >= 0.3 is 12.4 Å². The van der Waals surface area contributed by atoms with Gasteiger partial charge in [-0.25, -0.2) is 0 Å². The van der Waals surface area contributed by atoms with Gasteiger partial charge in [0, 0.05) is 17.1 Å². The van der Waals surface area contributed by atoms with Crippen molar-refractivity contribution in [2.45, 2.75) is 25.3 Å². The molecule has 0 fully saturated rings. The highest BCUT2D eigenvalue weighted by atomic mass is 79.9. The maximum absolute atomic E-state index is 12.7. The normalized spacial score (nSPS) is 14.1. The van der Waals surface area contributed by atoms with Gasteiger partial charge < -0.3 is 5.32 Å². The third-order valence-electron chi connectivity index (χ3n) is 2.71. The minimum absolute atomic E-state index is 0.0918. The predicted octanol–water partition coefficient (Wildman–Crippen LogP) is 5.28. The van der Waals surface area contributed by atoms with Gasteiger partial charge in [0.25, 0.3) is 0 Å². The molecule has 0 spiro atoms. The van der Waals surface area contributed by atoms with E-state index in [0.29, 0.717) is 16.6 Å². The average molecular weight is 376 g/mol. The molecule has 118 valence electrons. The molecular weight excluding hydrogens is 364 g/mol. The molecule has 1 rings (SSSR count). The van der Waals surface area contributed by atoms with Gasteiger partial charge in [-0.2, -0.15) is 26.3 Å². The molecule has 0 heterocycles. The van der Waals surface area contributed by atoms with Crippen LogP contribution in [0.3, 0.4) is 0 Å². The SMILES string of the molecule is C=C(Br)CNC(C)c1cc(C(F)(F)F)cc(C(F)(F)F)c1. The van der Waals surface area contributed by atoms with Crippen molar-refractivity contribution in [1.29, 1.82) is 0 Å². The van der Waals surface area contributed by atoms with Crippen molar-refractivity contribution in [2.75, 3.05) is 6.54 Å². The van der Waals surface area contributed by atoms with Crippen LogP contribution in [0, 0.1) is 0 Å². The highest BCUT2D eigenvalue weighted by Crippen LogP contribution is 2.37. The summed E-state index contributed by atoms with van der Waals surface area (Å²) >= 11 is 3.05. The highest BCUT2D eigenvalue weighted by Gasteiger charge is 2.37. The van der Waals surface area contributed by atoms with Crippen LogP contribution in [0.25, 0.3) is 0 Å². The number of halogens is 7. The van der Waals surface area contributed by atoms with E-state index in [1.165, 1.54) is 6.92 Å².